The number of rotatable bonds is 2. The highest BCUT2D eigenvalue weighted by atomic mass is 127. The Kier molecular flexibility index (Phi) is 3.91. The monoisotopic (exact) mass is 376 g/mol. The number of aromatic hydroxyl groups is 1. The Balaban J connectivity index is 2.52. The van der Waals surface area contributed by atoms with Gasteiger partial charge in [-0.3, -0.25) is 0 Å². The van der Waals surface area contributed by atoms with Gasteiger partial charge < -0.3 is 9.84 Å². The summed E-state index contributed by atoms with van der Waals surface area (Å²) >= 11 is 8.12. The minimum atomic E-state index is 0.0472. The van der Waals surface area contributed by atoms with Gasteiger partial charge in [0.05, 0.1) is 16.4 Å². The lowest BCUT2D eigenvalue weighted by Gasteiger charge is -2.07. The molecule has 0 radical (unpaired) electrons. The number of nitrogens with zero attached hydrogens (tertiary/aromatic N) is 2. The molecule has 0 fully saturated rings. The van der Waals surface area contributed by atoms with Crippen molar-refractivity contribution in [3.8, 4) is 22.9 Å². The number of hydrogen-bond acceptors (Lipinski definition) is 4. The van der Waals surface area contributed by atoms with E-state index < -0.39 is 0 Å². The Morgan fingerprint density at radius 1 is 1.33 bits per heavy atom. The molecule has 0 aliphatic heterocycles. The van der Waals surface area contributed by atoms with E-state index >= 15 is 0 Å². The van der Waals surface area contributed by atoms with Crippen molar-refractivity contribution in [3.05, 3.63) is 32.6 Å². The summed E-state index contributed by atoms with van der Waals surface area (Å²) < 4.78 is 5.81. The van der Waals surface area contributed by atoms with Crippen LogP contribution in [-0.4, -0.2) is 22.2 Å². The average molecular weight is 377 g/mol. The zero-order valence-electron chi connectivity index (χ0n) is 9.74. The van der Waals surface area contributed by atoms with Crippen LogP contribution in [0.5, 0.6) is 11.5 Å². The lowest BCUT2D eigenvalue weighted by atomic mass is 10.2. The SMILES string of the molecule is COc1ccc(-c2nc(C)c(I)c(Cl)n2)cc1O. The number of benzene rings is 1. The van der Waals surface area contributed by atoms with Crippen molar-refractivity contribution in [2.75, 3.05) is 7.11 Å². The van der Waals surface area contributed by atoms with Gasteiger partial charge in [-0.25, -0.2) is 9.97 Å². The first kappa shape index (κ1) is 13.4. The first-order valence-electron chi connectivity index (χ1n) is 5.10. The number of ether oxygens (including phenoxy) is 1. The number of hydrogen-bond donors (Lipinski definition) is 1. The van der Waals surface area contributed by atoms with E-state index in [1.165, 1.54) is 7.11 Å². The zero-order valence-corrected chi connectivity index (χ0v) is 12.7. The van der Waals surface area contributed by atoms with Gasteiger partial charge in [0.2, 0.25) is 0 Å². The first-order chi connectivity index (χ1) is 8.52. The Morgan fingerprint density at radius 2 is 2.06 bits per heavy atom. The Hall–Kier alpha value is -1.08. The quantitative estimate of drug-likeness (QED) is 0.644. The summed E-state index contributed by atoms with van der Waals surface area (Å²) in [6.45, 7) is 1.86. The standard InChI is InChI=1S/C12H10ClIN2O2/c1-6-10(14)11(13)16-12(15-6)7-3-4-9(18-2)8(17)5-7/h3-5,17H,1-2H3. The van der Waals surface area contributed by atoms with Gasteiger partial charge in [0.25, 0.3) is 0 Å². The smallest absolute Gasteiger partial charge is 0.161 e. The maximum absolute atomic E-state index is 9.73. The molecule has 6 heteroatoms. The van der Waals surface area contributed by atoms with Crippen molar-refractivity contribution in [2.24, 2.45) is 0 Å². The summed E-state index contributed by atoms with van der Waals surface area (Å²) in [7, 11) is 1.50. The molecule has 0 unspecified atom stereocenters. The predicted molar refractivity (Wildman–Crippen MR) is 78.1 cm³/mol. The molecule has 0 bridgehead atoms. The van der Waals surface area contributed by atoms with E-state index in [2.05, 4.69) is 32.6 Å². The van der Waals surface area contributed by atoms with Gasteiger partial charge >= 0.3 is 0 Å². The van der Waals surface area contributed by atoms with Gasteiger partial charge in [0.1, 0.15) is 5.15 Å². The van der Waals surface area contributed by atoms with Gasteiger partial charge in [-0.1, -0.05) is 11.6 Å². The third-order valence-electron chi connectivity index (χ3n) is 2.41. The van der Waals surface area contributed by atoms with Crippen molar-refractivity contribution in [1.82, 2.24) is 9.97 Å². The third-order valence-corrected chi connectivity index (χ3v) is 4.30. The molecule has 2 rings (SSSR count). The van der Waals surface area contributed by atoms with E-state index in [1.807, 2.05) is 6.92 Å². The van der Waals surface area contributed by atoms with Crippen LogP contribution >= 0.6 is 34.2 Å². The van der Waals surface area contributed by atoms with Gasteiger partial charge in [0, 0.05) is 5.56 Å². The fourth-order valence-corrected chi connectivity index (χ4v) is 1.94. The van der Waals surface area contributed by atoms with Crippen LogP contribution in [0.3, 0.4) is 0 Å². The molecule has 0 amide bonds. The summed E-state index contributed by atoms with van der Waals surface area (Å²) in [5.74, 6) is 0.939. The lowest BCUT2D eigenvalue weighted by Crippen LogP contribution is -1.96. The summed E-state index contributed by atoms with van der Waals surface area (Å²) in [5, 5.41) is 10.1. The van der Waals surface area contributed by atoms with Crippen molar-refractivity contribution in [3.63, 3.8) is 0 Å². The molecule has 1 heterocycles. The number of halogens is 2. The van der Waals surface area contributed by atoms with Crippen LogP contribution in [0.15, 0.2) is 18.2 Å². The van der Waals surface area contributed by atoms with E-state index in [9.17, 15) is 5.11 Å². The molecule has 0 aliphatic rings. The zero-order chi connectivity index (χ0) is 13.3. The van der Waals surface area contributed by atoms with E-state index in [-0.39, 0.29) is 5.75 Å². The lowest BCUT2D eigenvalue weighted by molar-refractivity contribution is 0.373. The second-order valence-corrected chi connectivity index (χ2v) is 5.06. The van der Waals surface area contributed by atoms with Gasteiger partial charge in [-0.2, -0.15) is 0 Å². The van der Waals surface area contributed by atoms with Crippen LogP contribution in [0.25, 0.3) is 11.4 Å². The average Bonchev–Trinajstić information content (AvgIpc) is 2.35. The van der Waals surface area contributed by atoms with E-state index in [1.54, 1.807) is 18.2 Å². The van der Waals surface area contributed by atoms with Crippen molar-refractivity contribution < 1.29 is 9.84 Å². The molecule has 0 spiro atoms. The van der Waals surface area contributed by atoms with Crippen LogP contribution in [0.4, 0.5) is 0 Å². The molecule has 94 valence electrons. The highest BCUT2D eigenvalue weighted by Gasteiger charge is 2.11. The largest absolute Gasteiger partial charge is 0.504 e. The molecule has 1 aromatic carbocycles. The van der Waals surface area contributed by atoms with E-state index in [4.69, 9.17) is 16.3 Å². The number of phenolic OH excluding ortho intramolecular Hbond substituents is 1. The molecule has 0 saturated heterocycles. The van der Waals surface area contributed by atoms with Gasteiger partial charge in [-0.15, -0.1) is 0 Å². The minimum absolute atomic E-state index is 0.0472. The first-order valence-corrected chi connectivity index (χ1v) is 6.55. The Labute approximate surface area is 123 Å². The molecule has 0 atom stereocenters. The molecule has 4 nitrogen and oxygen atoms in total. The molecular formula is C12H10ClIN2O2. The van der Waals surface area contributed by atoms with Crippen LogP contribution in [-0.2, 0) is 0 Å². The molecule has 18 heavy (non-hydrogen) atoms. The maximum atomic E-state index is 9.73. The predicted octanol–water partition coefficient (Wildman–Crippen LogP) is 3.42. The van der Waals surface area contributed by atoms with E-state index in [0.717, 1.165) is 9.26 Å². The third kappa shape index (κ3) is 2.51. The number of aromatic nitrogens is 2. The van der Waals surface area contributed by atoms with Gasteiger partial charge in [0.15, 0.2) is 17.3 Å². The maximum Gasteiger partial charge on any atom is 0.161 e. The molecule has 1 N–H and O–H groups in total. The van der Waals surface area contributed by atoms with Crippen molar-refractivity contribution in [1.29, 1.82) is 0 Å². The molecule has 1 aromatic heterocycles. The topological polar surface area (TPSA) is 55.2 Å². The van der Waals surface area contributed by atoms with Gasteiger partial charge in [-0.05, 0) is 47.7 Å². The fourth-order valence-electron chi connectivity index (χ4n) is 1.48. The molecular weight excluding hydrogens is 367 g/mol. The summed E-state index contributed by atoms with van der Waals surface area (Å²) in [5.41, 5.74) is 1.50. The van der Waals surface area contributed by atoms with Crippen molar-refractivity contribution in [2.45, 2.75) is 6.92 Å². The highest BCUT2D eigenvalue weighted by Crippen LogP contribution is 2.31. The van der Waals surface area contributed by atoms with Crippen molar-refractivity contribution >= 4 is 34.2 Å². The Morgan fingerprint density at radius 3 is 2.61 bits per heavy atom. The van der Waals surface area contributed by atoms with Crippen LogP contribution < -0.4 is 4.74 Å². The fraction of sp³-hybridized carbons (Fsp3) is 0.167. The second-order valence-electron chi connectivity index (χ2n) is 3.62. The molecule has 0 saturated carbocycles. The number of methoxy groups -OCH3 is 1. The number of aryl methyl sites for hydroxylation is 1. The normalized spacial score (nSPS) is 10.4. The molecule has 2 aromatic rings. The summed E-state index contributed by atoms with van der Waals surface area (Å²) in [6, 6.07) is 4.99. The highest BCUT2D eigenvalue weighted by molar-refractivity contribution is 14.1. The summed E-state index contributed by atoms with van der Waals surface area (Å²) in [4.78, 5) is 8.54. The molecule has 0 aliphatic carbocycles. The van der Waals surface area contributed by atoms with E-state index in [0.29, 0.717) is 22.3 Å². The Bertz CT molecular complexity index is 582. The second kappa shape index (κ2) is 5.27. The summed E-state index contributed by atoms with van der Waals surface area (Å²) in [6.07, 6.45) is 0. The minimum Gasteiger partial charge on any atom is -0.504 e. The van der Waals surface area contributed by atoms with Crippen LogP contribution in [0.2, 0.25) is 5.15 Å². The van der Waals surface area contributed by atoms with Crippen LogP contribution in [0, 0.1) is 10.5 Å². The van der Waals surface area contributed by atoms with Crippen LogP contribution in [0.1, 0.15) is 5.69 Å². The number of phenols is 1.